The van der Waals surface area contributed by atoms with Crippen LogP contribution in [0.1, 0.15) is 0 Å². The molecule has 0 bridgehead atoms. The molecule has 1 aromatic rings. The van der Waals surface area contributed by atoms with Gasteiger partial charge >= 0.3 is 0 Å². The van der Waals surface area contributed by atoms with E-state index in [1.807, 2.05) is 19.4 Å². The van der Waals surface area contributed by atoms with Gasteiger partial charge in [-0.25, -0.2) is 0 Å². The van der Waals surface area contributed by atoms with E-state index in [-0.39, 0.29) is 11.4 Å². The number of nitrogens with zero attached hydrogens (tertiary/aromatic N) is 2. The Labute approximate surface area is 81.3 Å². The van der Waals surface area contributed by atoms with Gasteiger partial charge in [0.1, 0.15) is 0 Å². The normalized spacial score (nSPS) is 28.2. The highest BCUT2D eigenvalue weighted by Crippen LogP contribution is 2.26. The average molecular weight is 199 g/mol. The predicted octanol–water partition coefficient (Wildman–Crippen LogP) is -0.155. The molecule has 2 atom stereocenters. The average Bonchev–Trinajstić information content (AvgIpc) is 2.64. The van der Waals surface area contributed by atoms with Crippen molar-refractivity contribution in [3.63, 3.8) is 0 Å². The summed E-state index contributed by atoms with van der Waals surface area (Å²) in [5.41, 5.74) is 0. The summed E-state index contributed by atoms with van der Waals surface area (Å²) < 4.78 is 1.77. The maximum Gasteiger partial charge on any atom is 0.0798 e. The molecular weight excluding hydrogens is 186 g/mol. The Morgan fingerprint density at radius 2 is 2.54 bits per heavy atom. The Balaban J connectivity index is 1.97. The van der Waals surface area contributed by atoms with Crippen LogP contribution in [-0.4, -0.2) is 39.3 Å². The third-order valence-corrected chi connectivity index (χ3v) is 3.36. The predicted molar refractivity (Wildman–Crippen MR) is 51.7 cm³/mol. The van der Waals surface area contributed by atoms with Gasteiger partial charge in [-0.15, -0.1) is 11.8 Å². The SMILES string of the molecule is Cn1cc(S[C@@H]2CNC[C@H]2O)cn1. The first-order valence-electron chi connectivity index (χ1n) is 4.30. The van der Waals surface area contributed by atoms with Crippen LogP contribution in [0, 0.1) is 0 Å². The lowest BCUT2D eigenvalue weighted by Crippen LogP contribution is -2.19. The number of aliphatic hydroxyl groups is 1. The zero-order valence-electron chi connectivity index (χ0n) is 7.47. The van der Waals surface area contributed by atoms with E-state index < -0.39 is 0 Å². The number of nitrogens with one attached hydrogen (secondary N) is 1. The smallest absolute Gasteiger partial charge is 0.0798 e. The Hall–Kier alpha value is -0.520. The molecule has 1 aliphatic heterocycles. The largest absolute Gasteiger partial charge is 0.391 e. The zero-order chi connectivity index (χ0) is 9.26. The van der Waals surface area contributed by atoms with Crippen molar-refractivity contribution in [3.8, 4) is 0 Å². The zero-order valence-corrected chi connectivity index (χ0v) is 8.29. The minimum absolute atomic E-state index is 0.231. The van der Waals surface area contributed by atoms with E-state index in [0.717, 1.165) is 11.4 Å². The van der Waals surface area contributed by atoms with Crippen molar-refractivity contribution >= 4 is 11.8 Å². The molecule has 0 amide bonds. The molecule has 0 aromatic carbocycles. The molecule has 2 rings (SSSR count). The molecule has 72 valence electrons. The van der Waals surface area contributed by atoms with E-state index >= 15 is 0 Å². The number of thioether (sulfide) groups is 1. The number of aryl methyl sites for hydroxylation is 1. The summed E-state index contributed by atoms with van der Waals surface area (Å²) in [7, 11) is 1.90. The van der Waals surface area contributed by atoms with Gasteiger partial charge in [-0.05, 0) is 0 Å². The van der Waals surface area contributed by atoms with Gasteiger partial charge in [0.25, 0.3) is 0 Å². The fourth-order valence-corrected chi connectivity index (χ4v) is 2.52. The summed E-state index contributed by atoms with van der Waals surface area (Å²) in [5, 5.41) is 17.0. The first-order valence-corrected chi connectivity index (χ1v) is 5.18. The topological polar surface area (TPSA) is 50.1 Å². The molecule has 1 aliphatic rings. The summed E-state index contributed by atoms with van der Waals surface area (Å²) in [5.74, 6) is 0. The van der Waals surface area contributed by atoms with Gasteiger partial charge in [-0.1, -0.05) is 0 Å². The number of aromatic nitrogens is 2. The molecule has 2 heterocycles. The van der Waals surface area contributed by atoms with Crippen LogP contribution in [-0.2, 0) is 7.05 Å². The molecule has 2 N–H and O–H groups in total. The van der Waals surface area contributed by atoms with Crippen LogP contribution in [0.15, 0.2) is 17.3 Å². The number of aliphatic hydroxyl groups excluding tert-OH is 1. The molecule has 13 heavy (non-hydrogen) atoms. The quantitative estimate of drug-likeness (QED) is 0.695. The maximum absolute atomic E-state index is 9.55. The van der Waals surface area contributed by atoms with Crippen molar-refractivity contribution < 1.29 is 5.11 Å². The molecule has 1 fully saturated rings. The van der Waals surface area contributed by atoms with E-state index in [4.69, 9.17) is 0 Å². The summed E-state index contributed by atoms with van der Waals surface area (Å²) in [4.78, 5) is 1.12. The van der Waals surface area contributed by atoms with E-state index in [1.54, 1.807) is 16.4 Å². The van der Waals surface area contributed by atoms with Crippen LogP contribution < -0.4 is 5.32 Å². The van der Waals surface area contributed by atoms with Crippen LogP contribution in [0.5, 0.6) is 0 Å². The highest BCUT2D eigenvalue weighted by molar-refractivity contribution is 8.00. The molecule has 0 radical (unpaired) electrons. The Kier molecular flexibility index (Phi) is 2.57. The van der Waals surface area contributed by atoms with Crippen molar-refractivity contribution in [2.75, 3.05) is 13.1 Å². The number of hydrogen-bond acceptors (Lipinski definition) is 4. The van der Waals surface area contributed by atoms with Crippen LogP contribution in [0.3, 0.4) is 0 Å². The van der Waals surface area contributed by atoms with Gasteiger partial charge in [0.05, 0.1) is 12.3 Å². The second-order valence-electron chi connectivity index (χ2n) is 3.23. The van der Waals surface area contributed by atoms with Crippen LogP contribution in [0.2, 0.25) is 0 Å². The van der Waals surface area contributed by atoms with E-state index in [9.17, 15) is 5.11 Å². The van der Waals surface area contributed by atoms with Crippen LogP contribution in [0.25, 0.3) is 0 Å². The minimum atomic E-state index is -0.231. The van der Waals surface area contributed by atoms with Crippen molar-refractivity contribution in [2.24, 2.45) is 7.05 Å². The molecule has 0 unspecified atom stereocenters. The molecule has 0 aliphatic carbocycles. The minimum Gasteiger partial charge on any atom is -0.391 e. The van der Waals surface area contributed by atoms with Crippen molar-refractivity contribution in [2.45, 2.75) is 16.2 Å². The summed E-state index contributed by atoms with van der Waals surface area (Å²) >= 11 is 1.68. The van der Waals surface area contributed by atoms with Gasteiger partial charge in [-0.2, -0.15) is 5.10 Å². The van der Waals surface area contributed by atoms with Crippen molar-refractivity contribution in [3.05, 3.63) is 12.4 Å². The molecule has 1 aromatic heterocycles. The monoisotopic (exact) mass is 199 g/mol. The van der Waals surface area contributed by atoms with E-state index in [2.05, 4.69) is 10.4 Å². The third kappa shape index (κ3) is 2.04. The second-order valence-corrected chi connectivity index (χ2v) is 4.54. The lowest BCUT2D eigenvalue weighted by molar-refractivity contribution is 0.201. The second kappa shape index (κ2) is 3.69. The lowest BCUT2D eigenvalue weighted by atomic mass is 10.3. The highest BCUT2D eigenvalue weighted by Gasteiger charge is 2.25. The fraction of sp³-hybridized carbons (Fsp3) is 0.625. The fourth-order valence-electron chi connectivity index (χ4n) is 1.40. The van der Waals surface area contributed by atoms with Gasteiger partial charge in [-0.3, -0.25) is 4.68 Å². The first-order chi connectivity index (χ1) is 6.25. The Bertz CT molecular complexity index is 289. The van der Waals surface area contributed by atoms with Gasteiger partial charge in [0, 0.05) is 36.5 Å². The highest BCUT2D eigenvalue weighted by atomic mass is 32.2. The van der Waals surface area contributed by atoms with Crippen molar-refractivity contribution in [1.82, 2.24) is 15.1 Å². The third-order valence-electron chi connectivity index (χ3n) is 2.10. The molecule has 4 nitrogen and oxygen atoms in total. The van der Waals surface area contributed by atoms with Gasteiger partial charge in [0.2, 0.25) is 0 Å². The number of β-amino-alcohol motifs (C(OH)–C–C–N with tert-alkyl or cyclic N) is 1. The van der Waals surface area contributed by atoms with Gasteiger partial charge < -0.3 is 10.4 Å². The van der Waals surface area contributed by atoms with Crippen molar-refractivity contribution in [1.29, 1.82) is 0 Å². The summed E-state index contributed by atoms with van der Waals surface area (Å²) in [6.45, 7) is 1.58. The molecule has 0 saturated carbocycles. The summed E-state index contributed by atoms with van der Waals surface area (Å²) in [6.07, 6.45) is 3.57. The lowest BCUT2D eigenvalue weighted by Gasteiger charge is -2.10. The number of rotatable bonds is 2. The van der Waals surface area contributed by atoms with E-state index in [1.165, 1.54) is 0 Å². The van der Waals surface area contributed by atoms with E-state index in [0.29, 0.717) is 6.54 Å². The van der Waals surface area contributed by atoms with Crippen LogP contribution >= 0.6 is 11.8 Å². The maximum atomic E-state index is 9.55. The Morgan fingerprint density at radius 3 is 3.08 bits per heavy atom. The van der Waals surface area contributed by atoms with Gasteiger partial charge in [0.15, 0.2) is 0 Å². The molecule has 0 spiro atoms. The first kappa shape index (κ1) is 9.05. The molecule has 1 saturated heterocycles. The Morgan fingerprint density at radius 1 is 1.69 bits per heavy atom. The standard InChI is InChI=1S/C8H13N3OS/c1-11-5-6(2-10-11)13-8-4-9-3-7(8)12/h2,5,7-9,12H,3-4H2,1H3/t7-,8-/m1/s1. The van der Waals surface area contributed by atoms with Crippen LogP contribution in [0.4, 0.5) is 0 Å². The number of hydrogen-bond donors (Lipinski definition) is 2. The summed E-state index contributed by atoms with van der Waals surface area (Å²) in [6, 6.07) is 0. The molecular formula is C8H13N3OS. The molecule has 5 heteroatoms.